The second-order valence-electron chi connectivity index (χ2n) is 11.1. The summed E-state index contributed by atoms with van der Waals surface area (Å²) >= 11 is 0. The molecular formula is C27H46N2O4S. The van der Waals surface area contributed by atoms with E-state index in [2.05, 4.69) is 67.1 Å². The molecule has 0 saturated carbocycles. The molecule has 0 heterocycles. The Morgan fingerprint density at radius 1 is 0.824 bits per heavy atom. The fourth-order valence-electron chi connectivity index (χ4n) is 3.82. The first-order valence-electron chi connectivity index (χ1n) is 12.6. The monoisotopic (exact) mass is 494 g/mol. The van der Waals surface area contributed by atoms with Gasteiger partial charge in [-0.2, -0.15) is 0 Å². The standard InChI is InChI=1S/C27H46N2O4S/c1-17(2)15-24(21(9)19(5)6)32-23-13-11-12-14-26(23)34(30,31)27(29-28)33-25(16-18(3)4)22(10)20(7)8/h11-14,17-22,24-25H,15-16H2,1-10H3. The maximum absolute atomic E-state index is 13.6. The van der Waals surface area contributed by atoms with Crippen molar-refractivity contribution in [1.29, 1.82) is 0 Å². The Hall–Kier alpha value is -1.85. The Morgan fingerprint density at radius 2 is 1.29 bits per heavy atom. The van der Waals surface area contributed by atoms with Gasteiger partial charge in [0, 0.05) is 0 Å². The lowest BCUT2D eigenvalue weighted by Crippen LogP contribution is -2.34. The number of ether oxygens (including phenoxy) is 2. The average Bonchev–Trinajstić information content (AvgIpc) is 2.74. The number of nitrogens with zero attached hydrogens (tertiary/aromatic N) is 2. The van der Waals surface area contributed by atoms with Gasteiger partial charge < -0.3 is 15.0 Å². The van der Waals surface area contributed by atoms with Crippen molar-refractivity contribution >= 4 is 15.1 Å². The van der Waals surface area contributed by atoms with Crippen LogP contribution in [-0.2, 0) is 14.6 Å². The van der Waals surface area contributed by atoms with Gasteiger partial charge in [-0.25, -0.2) is 8.42 Å². The Morgan fingerprint density at radius 3 is 1.76 bits per heavy atom. The summed E-state index contributed by atoms with van der Waals surface area (Å²) in [6.45, 7) is 20.9. The van der Waals surface area contributed by atoms with Crippen LogP contribution in [0.5, 0.6) is 5.75 Å². The molecule has 194 valence electrons. The first-order chi connectivity index (χ1) is 15.7. The first kappa shape index (κ1) is 30.2. The lowest BCUT2D eigenvalue weighted by molar-refractivity contribution is -0.0539. The summed E-state index contributed by atoms with van der Waals surface area (Å²) in [5.41, 5.74) is 9.72. The smallest absolute Gasteiger partial charge is 0.489 e. The highest BCUT2D eigenvalue weighted by Crippen LogP contribution is 2.32. The fraction of sp³-hybridized carbons (Fsp3) is 0.741. The Balaban J connectivity index is 3.40. The van der Waals surface area contributed by atoms with E-state index in [-0.39, 0.29) is 34.5 Å². The number of sulfone groups is 1. The van der Waals surface area contributed by atoms with Crippen LogP contribution >= 0.6 is 0 Å². The van der Waals surface area contributed by atoms with Crippen molar-refractivity contribution in [2.75, 3.05) is 0 Å². The second kappa shape index (κ2) is 13.3. The van der Waals surface area contributed by atoms with E-state index in [1.54, 1.807) is 18.2 Å². The van der Waals surface area contributed by atoms with Crippen molar-refractivity contribution in [3.05, 3.63) is 29.8 Å². The van der Waals surface area contributed by atoms with Gasteiger partial charge in [-0.05, 0) is 60.5 Å². The topological polar surface area (TPSA) is 89.0 Å². The molecule has 0 radical (unpaired) electrons. The van der Waals surface area contributed by atoms with Gasteiger partial charge in [0.15, 0.2) is 0 Å². The van der Waals surface area contributed by atoms with Crippen molar-refractivity contribution < 1.29 is 22.7 Å². The van der Waals surface area contributed by atoms with Crippen LogP contribution in [0.25, 0.3) is 5.53 Å². The Bertz CT molecular complexity index is 918. The first-order valence-corrected chi connectivity index (χ1v) is 14.1. The molecule has 0 amide bonds. The second-order valence-corrected chi connectivity index (χ2v) is 12.9. The molecule has 7 heteroatoms. The van der Waals surface area contributed by atoms with Crippen molar-refractivity contribution in [3.8, 4) is 5.75 Å². The molecular weight excluding hydrogens is 448 g/mol. The molecule has 0 aromatic heterocycles. The molecule has 0 N–H and O–H groups in total. The lowest BCUT2D eigenvalue weighted by atomic mass is 9.87. The van der Waals surface area contributed by atoms with Gasteiger partial charge in [0.25, 0.3) is 0 Å². The molecule has 0 aliphatic heterocycles. The van der Waals surface area contributed by atoms with E-state index in [1.165, 1.54) is 6.07 Å². The van der Waals surface area contributed by atoms with Gasteiger partial charge >= 0.3 is 15.1 Å². The summed E-state index contributed by atoms with van der Waals surface area (Å²) in [6, 6.07) is 6.53. The highest BCUT2D eigenvalue weighted by Gasteiger charge is 2.40. The Labute approximate surface area is 208 Å². The maximum atomic E-state index is 13.6. The molecule has 1 rings (SSSR count). The average molecular weight is 495 g/mol. The van der Waals surface area contributed by atoms with Crippen molar-refractivity contribution in [2.45, 2.75) is 99.2 Å². The third kappa shape index (κ3) is 8.42. The molecule has 34 heavy (non-hydrogen) atoms. The van der Waals surface area contributed by atoms with Crippen LogP contribution in [0.4, 0.5) is 0 Å². The predicted octanol–water partition coefficient (Wildman–Crippen LogP) is 6.86. The highest BCUT2D eigenvalue weighted by atomic mass is 32.2. The zero-order valence-corrected chi connectivity index (χ0v) is 23.6. The van der Waals surface area contributed by atoms with Gasteiger partial charge in [-0.15, -0.1) is 4.79 Å². The summed E-state index contributed by atoms with van der Waals surface area (Å²) in [5, 5.41) is -0.681. The largest absolute Gasteiger partial charge is 0.575 e. The summed E-state index contributed by atoms with van der Waals surface area (Å²) in [4.78, 5) is 3.06. The number of benzene rings is 1. The van der Waals surface area contributed by atoms with E-state index in [1.807, 2.05) is 6.92 Å². The van der Waals surface area contributed by atoms with Gasteiger partial charge in [0.05, 0.1) is 0 Å². The minimum atomic E-state index is -4.24. The van der Waals surface area contributed by atoms with Crippen molar-refractivity contribution in [2.24, 2.45) is 35.5 Å². The van der Waals surface area contributed by atoms with Crippen LogP contribution < -0.4 is 4.74 Å². The van der Waals surface area contributed by atoms with E-state index in [4.69, 9.17) is 9.47 Å². The third-order valence-corrected chi connectivity index (χ3v) is 8.22. The van der Waals surface area contributed by atoms with E-state index in [0.29, 0.717) is 24.2 Å². The van der Waals surface area contributed by atoms with Crippen LogP contribution in [0.15, 0.2) is 29.2 Å². The van der Waals surface area contributed by atoms with Crippen molar-refractivity contribution in [3.63, 3.8) is 0 Å². The zero-order chi connectivity index (χ0) is 26.2. The van der Waals surface area contributed by atoms with E-state index < -0.39 is 21.2 Å². The van der Waals surface area contributed by atoms with Crippen molar-refractivity contribution in [1.82, 2.24) is 0 Å². The molecule has 1 aromatic carbocycles. The maximum Gasteiger partial charge on any atom is 0.575 e. The van der Waals surface area contributed by atoms with Crippen LogP contribution in [0.2, 0.25) is 0 Å². The van der Waals surface area contributed by atoms with Gasteiger partial charge in [0.2, 0.25) is 0 Å². The van der Waals surface area contributed by atoms with Crippen LogP contribution in [0.1, 0.15) is 82.1 Å². The highest BCUT2D eigenvalue weighted by molar-refractivity contribution is 8.05. The van der Waals surface area contributed by atoms with E-state index in [0.717, 1.165) is 6.42 Å². The van der Waals surface area contributed by atoms with Gasteiger partial charge in [0.1, 0.15) is 22.9 Å². The molecule has 4 atom stereocenters. The zero-order valence-electron chi connectivity index (χ0n) is 22.8. The van der Waals surface area contributed by atoms with E-state index >= 15 is 0 Å². The summed E-state index contributed by atoms with van der Waals surface area (Å²) in [5.74, 6) is 1.88. The lowest BCUT2D eigenvalue weighted by Gasteiger charge is -2.30. The normalized spacial score (nSPS) is 15.8. The number of rotatable bonds is 12. The molecule has 6 nitrogen and oxygen atoms in total. The predicted molar refractivity (Wildman–Crippen MR) is 138 cm³/mol. The van der Waals surface area contributed by atoms with Crippen LogP contribution in [0.3, 0.4) is 0 Å². The molecule has 0 aliphatic carbocycles. The summed E-state index contributed by atoms with van der Waals surface area (Å²) in [6.07, 6.45) is 0.895. The number of hydrogen-bond acceptors (Lipinski definition) is 4. The molecule has 0 fully saturated rings. The molecule has 0 saturated heterocycles. The minimum absolute atomic E-state index is 0.0481. The number of hydrogen-bond donors (Lipinski definition) is 0. The van der Waals surface area contributed by atoms with Gasteiger partial charge in [-0.1, -0.05) is 81.4 Å². The van der Waals surface area contributed by atoms with Crippen LogP contribution in [-0.4, -0.2) is 30.6 Å². The Kier molecular flexibility index (Phi) is 11.8. The van der Waals surface area contributed by atoms with Gasteiger partial charge in [-0.3, -0.25) is 0 Å². The molecule has 0 aliphatic rings. The summed E-state index contributed by atoms with van der Waals surface area (Å²) in [7, 11) is -4.24. The molecule has 0 spiro atoms. The van der Waals surface area contributed by atoms with E-state index in [9.17, 15) is 13.9 Å². The summed E-state index contributed by atoms with van der Waals surface area (Å²) < 4.78 is 39.5. The molecule has 0 bridgehead atoms. The third-order valence-electron chi connectivity index (χ3n) is 6.66. The molecule has 4 unspecified atom stereocenters. The number of para-hydroxylation sites is 1. The minimum Gasteiger partial charge on any atom is -0.489 e. The quantitative estimate of drug-likeness (QED) is 0.137. The SMILES string of the molecule is CC(C)CC(OC(=[N+]=[N-])S(=O)(=O)c1ccccc1OC(CC(C)C)C(C)C(C)C)C(C)C(C)C. The fourth-order valence-corrected chi connectivity index (χ4v) is 5.01. The molecule has 1 aromatic rings. The van der Waals surface area contributed by atoms with Crippen LogP contribution in [0, 0.1) is 35.5 Å².